The van der Waals surface area contributed by atoms with Crippen LogP contribution in [0.25, 0.3) is 79.3 Å². The van der Waals surface area contributed by atoms with Crippen molar-refractivity contribution in [3.63, 3.8) is 0 Å². The fourth-order valence-corrected chi connectivity index (χ4v) is 9.69. The predicted octanol–water partition coefficient (Wildman–Crippen LogP) is 11.8. The highest BCUT2D eigenvalue weighted by Gasteiger charge is 2.33. The van der Waals surface area contributed by atoms with Gasteiger partial charge >= 0.3 is 0 Å². The molecule has 0 amide bonds. The Hall–Kier alpha value is -6.39. The predicted molar refractivity (Wildman–Crippen MR) is 235 cm³/mol. The minimum Gasteiger partial charge on any atom is -0.296 e. The van der Waals surface area contributed by atoms with Crippen molar-refractivity contribution in [3.05, 3.63) is 173 Å². The van der Waals surface area contributed by atoms with Crippen molar-refractivity contribution < 1.29 is 0 Å². The molecule has 0 spiro atoms. The lowest BCUT2D eigenvalue weighted by molar-refractivity contribution is 0.579. The fraction of sp³-hybridized carbons (Fsp3) is 0.189. The van der Waals surface area contributed by atoms with E-state index in [1.165, 1.54) is 46.2 Å². The molecule has 1 aliphatic heterocycles. The molecule has 1 unspecified atom stereocenters. The van der Waals surface area contributed by atoms with Gasteiger partial charge in [-0.15, -0.1) is 0 Å². The number of aromatic nitrogens is 4. The van der Waals surface area contributed by atoms with Crippen molar-refractivity contribution in [2.45, 2.75) is 57.8 Å². The smallest absolute Gasteiger partial charge is 0.160 e. The first kappa shape index (κ1) is 33.9. The molecule has 4 aromatic carbocycles. The molecule has 4 heteroatoms. The maximum absolute atomic E-state index is 5.44. The Morgan fingerprint density at radius 2 is 1.25 bits per heavy atom. The summed E-state index contributed by atoms with van der Waals surface area (Å²) in [6.07, 6.45) is 26.7. The summed E-state index contributed by atoms with van der Waals surface area (Å²) >= 11 is 0. The van der Waals surface area contributed by atoms with Crippen LogP contribution in [0.1, 0.15) is 63.4 Å². The molecule has 276 valence electrons. The molecule has 0 saturated carbocycles. The average molecular weight is 737 g/mol. The second kappa shape index (κ2) is 14.3. The van der Waals surface area contributed by atoms with E-state index >= 15 is 0 Å². The van der Waals surface area contributed by atoms with Gasteiger partial charge in [0.05, 0.1) is 22.1 Å². The van der Waals surface area contributed by atoms with Gasteiger partial charge in [-0.05, 0) is 115 Å². The number of benzene rings is 4. The highest BCUT2D eigenvalue weighted by atomic mass is 15.1. The third kappa shape index (κ3) is 6.11. The standard InChI is InChI=1S/C53H44N4/c1-3-15-35(16-4-1)37-19-11-22-40(31-37)49-34-48(36-17-5-2-6-18-36)54-52(55-49)41-23-12-20-38(32-41)39-21-13-24-42(33-39)53-56-47-29-14-28-46-44-26-8-7-25-43(44)45-27-9-10-30-50(45)57(53)51(46)47/h2-3,5-6,8,11-13,15-24,26,29-34,45H,1,4,7,9-10,14,25,27-28H2. The van der Waals surface area contributed by atoms with Gasteiger partial charge in [0.2, 0.25) is 0 Å². The fourth-order valence-electron chi connectivity index (χ4n) is 9.69. The highest BCUT2D eigenvalue weighted by molar-refractivity contribution is 5.82. The zero-order valence-electron chi connectivity index (χ0n) is 32.2. The zero-order chi connectivity index (χ0) is 37.7. The molecule has 1 atom stereocenters. The summed E-state index contributed by atoms with van der Waals surface area (Å²) in [5.74, 6) is 2.22. The van der Waals surface area contributed by atoms with Crippen LogP contribution in [0.3, 0.4) is 0 Å². The maximum Gasteiger partial charge on any atom is 0.160 e. The number of rotatable bonds is 6. The van der Waals surface area contributed by atoms with Gasteiger partial charge in [0.15, 0.2) is 5.82 Å². The number of fused-ring (bicyclic) bond motifs is 4. The molecule has 3 heterocycles. The lowest BCUT2D eigenvalue weighted by Crippen LogP contribution is -2.35. The molecule has 4 aliphatic carbocycles. The Labute approximate surface area is 334 Å². The quantitative estimate of drug-likeness (QED) is 0.171. The molecule has 0 bridgehead atoms. The molecule has 0 radical (unpaired) electrons. The highest BCUT2D eigenvalue weighted by Crippen LogP contribution is 2.44. The summed E-state index contributed by atoms with van der Waals surface area (Å²) < 4.78 is 2.56. The normalized spacial score (nSPS) is 18.2. The summed E-state index contributed by atoms with van der Waals surface area (Å²) in [4.78, 5) is 15.9. The number of hydrogen-bond acceptors (Lipinski definition) is 3. The number of nitrogens with zero attached hydrogens (tertiary/aromatic N) is 4. The number of hydrogen-bond donors (Lipinski definition) is 0. The van der Waals surface area contributed by atoms with Crippen LogP contribution < -0.4 is 10.7 Å². The van der Waals surface area contributed by atoms with E-state index in [-0.39, 0.29) is 0 Å². The van der Waals surface area contributed by atoms with Crippen molar-refractivity contribution in [3.8, 4) is 56.4 Å². The van der Waals surface area contributed by atoms with Gasteiger partial charge in [0.1, 0.15) is 5.82 Å². The first-order chi connectivity index (χ1) is 28.2. The van der Waals surface area contributed by atoms with Gasteiger partial charge < -0.3 is 0 Å². The van der Waals surface area contributed by atoms with E-state index in [9.17, 15) is 0 Å². The summed E-state index contributed by atoms with van der Waals surface area (Å²) in [6.45, 7) is 0. The Morgan fingerprint density at radius 3 is 2.09 bits per heavy atom. The van der Waals surface area contributed by atoms with Crippen LogP contribution in [0.15, 0.2) is 157 Å². The molecule has 0 saturated heterocycles. The van der Waals surface area contributed by atoms with Gasteiger partial charge in [0, 0.05) is 33.9 Å². The van der Waals surface area contributed by atoms with Gasteiger partial charge in [-0.1, -0.05) is 133 Å². The molecule has 6 aromatic rings. The molecule has 2 aromatic heterocycles. The first-order valence-corrected chi connectivity index (χ1v) is 20.8. The Bertz CT molecular complexity index is 2880. The monoisotopic (exact) mass is 736 g/mol. The van der Waals surface area contributed by atoms with Crippen LogP contribution >= 0.6 is 0 Å². The van der Waals surface area contributed by atoms with E-state index in [0.29, 0.717) is 11.7 Å². The van der Waals surface area contributed by atoms with E-state index in [4.69, 9.17) is 15.0 Å². The second-order valence-corrected chi connectivity index (χ2v) is 15.9. The van der Waals surface area contributed by atoms with Crippen LogP contribution in [0, 0.1) is 5.92 Å². The van der Waals surface area contributed by atoms with E-state index < -0.39 is 0 Å². The Kier molecular flexibility index (Phi) is 8.49. The van der Waals surface area contributed by atoms with E-state index in [1.54, 1.807) is 5.57 Å². The molecular weight excluding hydrogens is 693 g/mol. The maximum atomic E-state index is 5.44. The van der Waals surface area contributed by atoms with Crippen LogP contribution in [0.5, 0.6) is 0 Å². The van der Waals surface area contributed by atoms with Crippen LogP contribution in [0.2, 0.25) is 0 Å². The van der Waals surface area contributed by atoms with Crippen LogP contribution in [0.4, 0.5) is 0 Å². The summed E-state index contributed by atoms with van der Waals surface area (Å²) in [7, 11) is 0. The molecule has 11 rings (SSSR count). The largest absolute Gasteiger partial charge is 0.296 e. The summed E-state index contributed by atoms with van der Waals surface area (Å²) in [5, 5.41) is 2.46. The minimum absolute atomic E-state index is 0.453. The third-order valence-corrected chi connectivity index (χ3v) is 12.4. The van der Waals surface area contributed by atoms with Crippen molar-refractivity contribution >= 4 is 22.9 Å². The third-order valence-electron chi connectivity index (χ3n) is 12.4. The van der Waals surface area contributed by atoms with Crippen molar-refractivity contribution in [2.24, 2.45) is 5.92 Å². The molecule has 0 fully saturated rings. The molecule has 57 heavy (non-hydrogen) atoms. The number of allylic oxidation sites excluding steroid dienone is 10. The topological polar surface area (TPSA) is 43.6 Å². The van der Waals surface area contributed by atoms with Crippen LogP contribution in [-0.2, 0) is 0 Å². The SMILES string of the molecule is C1=CC(c2cccc(-c3cc(-c4ccccc4)nc(-c4cccc(-c5cccc(-c6nc7c8n6C6=CCCCC6C6=C(C=CCC6)C=8CCC=7)c5)c4)n3)c2)=CCC1. The van der Waals surface area contributed by atoms with E-state index in [2.05, 4.69) is 156 Å². The minimum atomic E-state index is 0.453. The Balaban J connectivity index is 1.01. The van der Waals surface area contributed by atoms with Crippen molar-refractivity contribution in [2.75, 3.05) is 0 Å². The van der Waals surface area contributed by atoms with E-state index in [1.807, 2.05) is 0 Å². The van der Waals surface area contributed by atoms with Gasteiger partial charge in [-0.2, -0.15) is 0 Å². The lowest BCUT2D eigenvalue weighted by Gasteiger charge is -2.29. The van der Waals surface area contributed by atoms with Crippen molar-refractivity contribution in [1.29, 1.82) is 0 Å². The summed E-state index contributed by atoms with van der Waals surface area (Å²) in [6, 6.07) is 39.0. The summed E-state index contributed by atoms with van der Waals surface area (Å²) in [5.41, 5.74) is 17.0. The van der Waals surface area contributed by atoms with Gasteiger partial charge in [-0.25, -0.2) is 15.0 Å². The Morgan fingerprint density at radius 1 is 0.526 bits per heavy atom. The lowest BCUT2D eigenvalue weighted by atomic mass is 9.78. The molecular formula is C53H44N4. The van der Waals surface area contributed by atoms with Crippen molar-refractivity contribution in [1.82, 2.24) is 19.5 Å². The number of imidazole rings is 1. The molecule has 5 aliphatic rings. The van der Waals surface area contributed by atoms with Gasteiger partial charge in [-0.3, -0.25) is 4.57 Å². The average Bonchev–Trinajstić information content (AvgIpc) is 3.64. The van der Waals surface area contributed by atoms with Crippen LogP contribution in [-0.4, -0.2) is 19.5 Å². The van der Waals surface area contributed by atoms with E-state index in [0.717, 1.165) is 101 Å². The zero-order valence-corrected chi connectivity index (χ0v) is 32.2. The molecule has 0 N–H and O–H groups in total. The first-order valence-electron chi connectivity index (χ1n) is 20.8. The molecule has 4 nitrogen and oxygen atoms in total. The second-order valence-electron chi connectivity index (χ2n) is 15.9. The van der Waals surface area contributed by atoms with Gasteiger partial charge in [0.25, 0.3) is 0 Å².